The molecule has 0 fully saturated rings. The Balaban J connectivity index is 2.19. The van der Waals surface area contributed by atoms with Crippen molar-refractivity contribution in [1.29, 1.82) is 0 Å². The molecule has 20 heavy (non-hydrogen) atoms. The first-order chi connectivity index (χ1) is 9.28. The molecule has 1 aromatic carbocycles. The number of carboxylic acids is 1. The number of nitrogens with one attached hydrogen (secondary N) is 1. The molecule has 5 nitrogen and oxygen atoms in total. The number of hydrogen-bond donors (Lipinski definition) is 2. The standard InChI is InChI=1S/C15H19NO4/c1-15(2,3)20-14(19)16-12-10-7-5-4-6-9(10)8-11(12)13(17)18/h4-7,11-12H,8H2,1-3H3,(H,16,19)(H,17,18)/t11-,12-/m0/s1. The first kappa shape index (κ1) is 14.4. The zero-order valence-corrected chi connectivity index (χ0v) is 11.8. The normalized spacial score (nSPS) is 21.1. The van der Waals surface area contributed by atoms with Crippen LogP contribution in [0.15, 0.2) is 24.3 Å². The molecule has 0 saturated heterocycles. The number of ether oxygens (including phenoxy) is 1. The fraction of sp³-hybridized carbons (Fsp3) is 0.467. The van der Waals surface area contributed by atoms with E-state index in [4.69, 9.17) is 4.74 Å². The van der Waals surface area contributed by atoms with Gasteiger partial charge < -0.3 is 15.2 Å². The first-order valence-corrected chi connectivity index (χ1v) is 6.58. The third-order valence-electron chi connectivity index (χ3n) is 3.22. The number of carbonyl (C=O) groups is 2. The van der Waals surface area contributed by atoms with Crippen molar-refractivity contribution in [2.45, 2.75) is 38.8 Å². The Hall–Kier alpha value is -2.04. The zero-order valence-electron chi connectivity index (χ0n) is 11.8. The molecule has 1 aliphatic rings. The lowest BCUT2D eigenvalue weighted by molar-refractivity contribution is -0.142. The number of alkyl carbamates (subject to hydrolysis) is 1. The molecule has 0 radical (unpaired) electrons. The summed E-state index contributed by atoms with van der Waals surface area (Å²) in [6.07, 6.45) is -0.170. The molecular formula is C15H19NO4. The SMILES string of the molecule is CC(C)(C)OC(=O)N[C@H]1c2ccccc2C[C@@H]1C(=O)O. The molecular weight excluding hydrogens is 258 g/mol. The third kappa shape index (κ3) is 3.10. The number of carbonyl (C=O) groups excluding carboxylic acids is 1. The second-order valence-corrected chi connectivity index (χ2v) is 5.97. The molecule has 1 aromatic rings. The fourth-order valence-corrected chi connectivity index (χ4v) is 2.44. The molecule has 0 bridgehead atoms. The molecule has 108 valence electrons. The van der Waals surface area contributed by atoms with Crippen molar-refractivity contribution in [1.82, 2.24) is 5.32 Å². The minimum absolute atomic E-state index is 0.423. The molecule has 0 spiro atoms. The van der Waals surface area contributed by atoms with Crippen LogP contribution in [0.2, 0.25) is 0 Å². The zero-order chi connectivity index (χ0) is 14.9. The van der Waals surface area contributed by atoms with Crippen LogP contribution >= 0.6 is 0 Å². The van der Waals surface area contributed by atoms with E-state index in [0.717, 1.165) is 11.1 Å². The first-order valence-electron chi connectivity index (χ1n) is 6.58. The van der Waals surface area contributed by atoms with Gasteiger partial charge in [0, 0.05) is 0 Å². The van der Waals surface area contributed by atoms with E-state index in [2.05, 4.69) is 5.32 Å². The Morgan fingerprint density at radius 3 is 2.55 bits per heavy atom. The number of carboxylic acid groups (broad SMARTS) is 1. The van der Waals surface area contributed by atoms with E-state index in [9.17, 15) is 14.7 Å². The van der Waals surface area contributed by atoms with Gasteiger partial charge in [-0.25, -0.2) is 4.79 Å². The van der Waals surface area contributed by atoms with Gasteiger partial charge in [-0.05, 0) is 38.3 Å². The molecule has 1 aliphatic carbocycles. The van der Waals surface area contributed by atoms with Gasteiger partial charge in [0.1, 0.15) is 5.60 Å². The summed E-state index contributed by atoms with van der Waals surface area (Å²) in [5.74, 6) is -1.57. The van der Waals surface area contributed by atoms with E-state index >= 15 is 0 Å². The lowest BCUT2D eigenvalue weighted by Gasteiger charge is -2.23. The van der Waals surface area contributed by atoms with Crippen LogP contribution in [0.25, 0.3) is 0 Å². The number of rotatable bonds is 2. The molecule has 1 amide bonds. The summed E-state index contributed by atoms with van der Waals surface area (Å²) in [6, 6.07) is 6.90. The number of hydrogen-bond acceptors (Lipinski definition) is 3. The lowest BCUT2D eigenvalue weighted by Crippen LogP contribution is -2.38. The monoisotopic (exact) mass is 277 g/mol. The Morgan fingerprint density at radius 2 is 1.95 bits per heavy atom. The quantitative estimate of drug-likeness (QED) is 0.871. The van der Waals surface area contributed by atoms with E-state index < -0.39 is 29.6 Å². The number of aliphatic carboxylic acids is 1. The van der Waals surface area contributed by atoms with Crippen LogP contribution in [0, 0.1) is 5.92 Å². The average Bonchev–Trinajstić information content (AvgIpc) is 2.66. The minimum atomic E-state index is -0.915. The number of fused-ring (bicyclic) bond motifs is 1. The van der Waals surface area contributed by atoms with Crippen molar-refractivity contribution in [3.8, 4) is 0 Å². The molecule has 5 heteroatoms. The van der Waals surface area contributed by atoms with Crippen molar-refractivity contribution in [2.24, 2.45) is 5.92 Å². The highest BCUT2D eigenvalue weighted by Crippen LogP contribution is 2.36. The molecule has 0 saturated carbocycles. The van der Waals surface area contributed by atoms with Gasteiger partial charge in [-0.3, -0.25) is 4.79 Å². The van der Waals surface area contributed by atoms with Gasteiger partial charge in [0.15, 0.2) is 0 Å². The molecule has 0 heterocycles. The van der Waals surface area contributed by atoms with Gasteiger partial charge in [-0.2, -0.15) is 0 Å². The van der Waals surface area contributed by atoms with Crippen molar-refractivity contribution >= 4 is 12.1 Å². The Morgan fingerprint density at radius 1 is 1.30 bits per heavy atom. The van der Waals surface area contributed by atoms with E-state index in [1.54, 1.807) is 20.8 Å². The Labute approximate surface area is 117 Å². The maximum Gasteiger partial charge on any atom is 0.408 e. The van der Waals surface area contributed by atoms with Gasteiger partial charge in [0.2, 0.25) is 0 Å². The van der Waals surface area contributed by atoms with Crippen molar-refractivity contribution in [3.05, 3.63) is 35.4 Å². The Kier molecular flexibility index (Phi) is 3.70. The lowest BCUT2D eigenvalue weighted by atomic mass is 10.0. The summed E-state index contributed by atoms with van der Waals surface area (Å²) >= 11 is 0. The number of benzene rings is 1. The van der Waals surface area contributed by atoms with Crippen molar-refractivity contribution in [2.75, 3.05) is 0 Å². The number of amides is 1. The highest BCUT2D eigenvalue weighted by Gasteiger charge is 2.38. The predicted molar refractivity (Wildman–Crippen MR) is 73.4 cm³/mol. The minimum Gasteiger partial charge on any atom is -0.481 e. The van der Waals surface area contributed by atoms with Crippen LogP contribution in [0.4, 0.5) is 4.79 Å². The highest BCUT2D eigenvalue weighted by molar-refractivity contribution is 5.76. The van der Waals surface area contributed by atoms with Crippen LogP contribution in [0.5, 0.6) is 0 Å². The van der Waals surface area contributed by atoms with E-state index in [-0.39, 0.29) is 0 Å². The fourth-order valence-electron chi connectivity index (χ4n) is 2.44. The molecule has 2 rings (SSSR count). The average molecular weight is 277 g/mol. The van der Waals surface area contributed by atoms with Crippen molar-refractivity contribution in [3.63, 3.8) is 0 Å². The molecule has 0 aliphatic heterocycles. The van der Waals surface area contributed by atoms with Crippen LogP contribution in [0.3, 0.4) is 0 Å². The van der Waals surface area contributed by atoms with E-state index in [0.29, 0.717) is 6.42 Å². The summed E-state index contributed by atoms with van der Waals surface area (Å²) in [7, 11) is 0. The summed E-state index contributed by atoms with van der Waals surface area (Å²) in [6.45, 7) is 5.30. The van der Waals surface area contributed by atoms with Gasteiger partial charge in [-0.1, -0.05) is 24.3 Å². The van der Waals surface area contributed by atoms with E-state index in [1.165, 1.54) is 0 Å². The van der Waals surface area contributed by atoms with Crippen LogP contribution in [0.1, 0.15) is 37.9 Å². The van der Waals surface area contributed by atoms with Crippen LogP contribution < -0.4 is 5.32 Å². The Bertz CT molecular complexity index is 533. The highest BCUT2D eigenvalue weighted by atomic mass is 16.6. The summed E-state index contributed by atoms with van der Waals surface area (Å²) in [4.78, 5) is 23.2. The van der Waals surface area contributed by atoms with Gasteiger partial charge in [-0.15, -0.1) is 0 Å². The van der Waals surface area contributed by atoms with Crippen LogP contribution in [-0.2, 0) is 16.0 Å². The topological polar surface area (TPSA) is 75.6 Å². The largest absolute Gasteiger partial charge is 0.481 e. The summed E-state index contributed by atoms with van der Waals surface area (Å²) < 4.78 is 5.20. The van der Waals surface area contributed by atoms with Gasteiger partial charge in [0.25, 0.3) is 0 Å². The van der Waals surface area contributed by atoms with Crippen LogP contribution in [-0.4, -0.2) is 22.8 Å². The maximum absolute atomic E-state index is 11.9. The van der Waals surface area contributed by atoms with Gasteiger partial charge in [0.05, 0.1) is 12.0 Å². The molecule has 2 atom stereocenters. The third-order valence-corrected chi connectivity index (χ3v) is 3.22. The van der Waals surface area contributed by atoms with E-state index in [1.807, 2.05) is 24.3 Å². The van der Waals surface area contributed by atoms with Crippen molar-refractivity contribution < 1.29 is 19.4 Å². The van der Waals surface area contributed by atoms with Gasteiger partial charge >= 0.3 is 12.1 Å². The maximum atomic E-state index is 11.9. The molecule has 0 aromatic heterocycles. The second-order valence-electron chi connectivity index (χ2n) is 5.97. The molecule has 0 unspecified atom stereocenters. The predicted octanol–water partition coefficient (Wildman–Crippen LogP) is 2.51. The molecule has 2 N–H and O–H groups in total. The second kappa shape index (κ2) is 5.15. The summed E-state index contributed by atoms with van der Waals surface area (Å²) in [5, 5.41) is 12.0. The summed E-state index contributed by atoms with van der Waals surface area (Å²) in [5.41, 5.74) is 1.20. The smallest absolute Gasteiger partial charge is 0.408 e.